The monoisotopic (exact) mass is 327 g/mol. The van der Waals surface area contributed by atoms with Crippen LogP contribution in [0.15, 0.2) is 36.5 Å². The van der Waals surface area contributed by atoms with Crippen molar-refractivity contribution in [3.63, 3.8) is 0 Å². The molecule has 2 aromatic rings. The molecule has 0 saturated carbocycles. The largest absolute Gasteiger partial charge is 0.497 e. The number of fused-ring (bicyclic) bond motifs is 1. The van der Waals surface area contributed by atoms with E-state index in [2.05, 4.69) is 22.4 Å². The minimum Gasteiger partial charge on any atom is -0.497 e. The van der Waals surface area contributed by atoms with Crippen molar-refractivity contribution in [2.24, 2.45) is 0 Å². The van der Waals surface area contributed by atoms with Crippen LogP contribution < -0.4 is 19.7 Å². The van der Waals surface area contributed by atoms with Crippen molar-refractivity contribution in [2.45, 2.75) is 25.4 Å². The summed E-state index contributed by atoms with van der Waals surface area (Å²) in [6.07, 6.45) is 3.92. The Morgan fingerprint density at radius 2 is 2.21 bits per heavy atom. The van der Waals surface area contributed by atoms with Crippen molar-refractivity contribution >= 4 is 5.82 Å². The molecule has 128 valence electrons. The third-order valence-corrected chi connectivity index (χ3v) is 4.32. The van der Waals surface area contributed by atoms with E-state index in [1.807, 2.05) is 43.4 Å². The predicted molar refractivity (Wildman–Crippen MR) is 95.9 cm³/mol. The van der Waals surface area contributed by atoms with Crippen molar-refractivity contribution < 1.29 is 9.47 Å². The van der Waals surface area contributed by atoms with Crippen LogP contribution in [0.1, 0.15) is 30.0 Å². The third kappa shape index (κ3) is 3.62. The van der Waals surface area contributed by atoms with Gasteiger partial charge in [-0.2, -0.15) is 0 Å². The highest BCUT2D eigenvalue weighted by Crippen LogP contribution is 2.34. The summed E-state index contributed by atoms with van der Waals surface area (Å²) in [4.78, 5) is 6.52. The molecule has 1 atom stereocenters. The molecule has 0 saturated heterocycles. The average molecular weight is 327 g/mol. The van der Waals surface area contributed by atoms with E-state index in [0.29, 0.717) is 0 Å². The molecular weight excluding hydrogens is 302 g/mol. The molecule has 0 bridgehead atoms. The molecule has 1 aromatic carbocycles. The van der Waals surface area contributed by atoms with Crippen LogP contribution in [-0.2, 0) is 6.54 Å². The van der Waals surface area contributed by atoms with Gasteiger partial charge in [-0.1, -0.05) is 12.1 Å². The summed E-state index contributed by atoms with van der Waals surface area (Å²) in [7, 11) is 5.72. The Bertz CT molecular complexity index is 688. The smallest absolute Gasteiger partial charge is 0.132 e. The number of benzene rings is 1. The highest BCUT2D eigenvalue weighted by molar-refractivity contribution is 5.46. The minimum atomic E-state index is 0.267. The molecule has 3 rings (SSSR count). The summed E-state index contributed by atoms with van der Waals surface area (Å²) in [6, 6.07) is 10.5. The van der Waals surface area contributed by atoms with Crippen molar-refractivity contribution in [1.82, 2.24) is 10.3 Å². The van der Waals surface area contributed by atoms with Crippen molar-refractivity contribution in [3.8, 4) is 11.5 Å². The lowest BCUT2D eigenvalue weighted by Gasteiger charge is -2.21. The van der Waals surface area contributed by atoms with Crippen LogP contribution in [0.3, 0.4) is 0 Å². The number of methoxy groups -OCH3 is 1. The molecule has 0 fully saturated rings. The van der Waals surface area contributed by atoms with Crippen LogP contribution in [0.25, 0.3) is 0 Å². The first kappa shape index (κ1) is 16.6. The number of nitrogens with one attached hydrogen (secondary N) is 1. The highest BCUT2D eigenvalue weighted by atomic mass is 16.5. The Labute approximate surface area is 143 Å². The zero-order valence-corrected chi connectivity index (χ0v) is 14.6. The minimum absolute atomic E-state index is 0.267. The molecular formula is C19H25N3O2. The summed E-state index contributed by atoms with van der Waals surface area (Å²) in [5, 5.41) is 3.68. The van der Waals surface area contributed by atoms with Gasteiger partial charge in [0.25, 0.3) is 0 Å². The summed E-state index contributed by atoms with van der Waals surface area (Å²) in [5.41, 5.74) is 2.39. The lowest BCUT2D eigenvalue weighted by molar-refractivity contribution is 0.312. The van der Waals surface area contributed by atoms with Gasteiger partial charge in [-0.15, -0.1) is 0 Å². The molecule has 1 aliphatic rings. The molecule has 1 unspecified atom stereocenters. The van der Waals surface area contributed by atoms with Crippen molar-refractivity contribution in [2.75, 3.05) is 32.7 Å². The Morgan fingerprint density at radius 1 is 1.33 bits per heavy atom. The van der Waals surface area contributed by atoms with Gasteiger partial charge < -0.3 is 19.7 Å². The maximum absolute atomic E-state index is 5.89. The quantitative estimate of drug-likeness (QED) is 0.914. The Balaban J connectivity index is 1.79. The summed E-state index contributed by atoms with van der Waals surface area (Å²) < 4.78 is 11.2. The second kappa shape index (κ2) is 7.53. The molecule has 0 spiro atoms. The van der Waals surface area contributed by atoms with Crippen LogP contribution in [0.2, 0.25) is 0 Å². The molecule has 1 aliphatic heterocycles. The van der Waals surface area contributed by atoms with Gasteiger partial charge in [0.15, 0.2) is 0 Å². The van der Waals surface area contributed by atoms with E-state index in [1.54, 1.807) is 7.11 Å². The van der Waals surface area contributed by atoms with Crippen LogP contribution >= 0.6 is 0 Å². The first-order valence-corrected chi connectivity index (χ1v) is 8.34. The normalized spacial score (nSPS) is 16.7. The zero-order valence-electron chi connectivity index (χ0n) is 14.6. The van der Waals surface area contributed by atoms with Crippen molar-refractivity contribution in [1.29, 1.82) is 0 Å². The van der Waals surface area contributed by atoms with E-state index in [4.69, 9.17) is 9.47 Å². The third-order valence-electron chi connectivity index (χ3n) is 4.32. The van der Waals surface area contributed by atoms with Gasteiger partial charge in [0.2, 0.25) is 0 Å². The Hall–Kier alpha value is -2.27. The second-order valence-corrected chi connectivity index (χ2v) is 6.21. The van der Waals surface area contributed by atoms with Gasteiger partial charge in [-0.25, -0.2) is 4.98 Å². The van der Waals surface area contributed by atoms with Gasteiger partial charge in [-0.05, 0) is 25.0 Å². The van der Waals surface area contributed by atoms with E-state index in [0.717, 1.165) is 43.3 Å². The standard InChI is InChI=1S/C19H25N3O2/c1-22(2)19-14(6-4-10-20-19)13-21-17-7-5-11-24-18-12-15(23-3)8-9-16(17)18/h4,6,8-10,12,17,21H,5,7,11,13H2,1-3H3. The van der Waals surface area contributed by atoms with Crippen LogP contribution in [0.5, 0.6) is 11.5 Å². The fourth-order valence-electron chi connectivity index (χ4n) is 3.10. The molecule has 0 radical (unpaired) electrons. The van der Waals surface area contributed by atoms with Crippen LogP contribution in [0.4, 0.5) is 5.82 Å². The number of nitrogens with zero attached hydrogens (tertiary/aromatic N) is 2. The maximum atomic E-state index is 5.89. The zero-order chi connectivity index (χ0) is 16.9. The molecule has 1 N–H and O–H groups in total. The van der Waals surface area contributed by atoms with Gasteiger partial charge in [-0.3, -0.25) is 0 Å². The summed E-state index contributed by atoms with van der Waals surface area (Å²) >= 11 is 0. The van der Waals surface area contributed by atoms with E-state index in [1.165, 1.54) is 11.1 Å². The number of hydrogen-bond donors (Lipinski definition) is 1. The highest BCUT2D eigenvalue weighted by Gasteiger charge is 2.20. The molecule has 2 heterocycles. The second-order valence-electron chi connectivity index (χ2n) is 6.21. The van der Waals surface area contributed by atoms with Gasteiger partial charge in [0.1, 0.15) is 17.3 Å². The number of pyridine rings is 1. The van der Waals surface area contributed by atoms with Gasteiger partial charge >= 0.3 is 0 Å². The molecule has 0 amide bonds. The van der Waals surface area contributed by atoms with Gasteiger partial charge in [0.05, 0.1) is 13.7 Å². The van der Waals surface area contributed by atoms with Crippen LogP contribution in [0, 0.1) is 0 Å². The fraction of sp³-hybridized carbons (Fsp3) is 0.421. The van der Waals surface area contributed by atoms with Gasteiger partial charge in [0, 0.05) is 50.1 Å². The molecule has 0 aliphatic carbocycles. The number of aromatic nitrogens is 1. The van der Waals surface area contributed by atoms with E-state index in [-0.39, 0.29) is 6.04 Å². The SMILES string of the molecule is COc1ccc2c(c1)OCCCC2NCc1cccnc1N(C)C. The molecule has 5 nitrogen and oxygen atoms in total. The summed E-state index contributed by atoms with van der Waals surface area (Å²) in [5.74, 6) is 2.75. The van der Waals surface area contributed by atoms with Crippen molar-refractivity contribution in [3.05, 3.63) is 47.7 Å². The Kier molecular flexibility index (Phi) is 5.20. The van der Waals surface area contributed by atoms with E-state index < -0.39 is 0 Å². The lowest BCUT2D eigenvalue weighted by atomic mass is 10.0. The molecule has 1 aromatic heterocycles. The maximum Gasteiger partial charge on any atom is 0.132 e. The lowest BCUT2D eigenvalue weighted by Crippen LogP contribution is -2.23. The summed E-state index contributed by atoms with van der Waals surface area (Å²) in [6.45, 7) is 1.52. The number of rotatable bonds is 5. The fourth-order valence-corrected chi connectivity index (χ4v) is 3.10. The Morgan fingerprint density at radius 3 is 3.00 bits per heavy atom. The number of ether oxygens (including phenoxy) is 2. The molecule has 5 heteroatoms. The number of hydrogen-bond acceptors (Lipinski definition) is 5. The first-order valence-electron chi connectivity index (χ1n) is 8.34. The van der Waals surface area contributed by atoms with E-state index in [9.17, 15) is 0 Å². The first-order chi connectivity index (χ1) is 11.7. The van der Waals surface area contributed by atoms with E-state index >= 15 is 0 Å². The topological polar surface area (TPSA) is 46.6 Å². The average Bonchev–Trinajstić information content (AvgIpc) is 2.81. The van der Waals surface area contributed by atoms with Crippen LogP contribution in [-0.4, -0.2) is 32.8 Å². The number of anilines is 1. The molecule has 24 heavy (non-hydrogen) atoms. The predicted octanol–water partition coefficient (Wildman–Crippen LogP) is 3.16.